The van der Waals surface area contributed by atoms with Crippen molar-refractivity contribution in [2.24, 2.45) is 0 Å². The first kappa shape index (κ1) is 14.8. The topological polar surface area (TPSA) is 9.23 Å². The molecule has 0 fully saturated rings. The Morgan fingerprint density at radius 3 is 2.63 bits per heavy atom. The van der Waals surface area contributed by atoms with Crippen LogP contribution in [0.5, 0.6) is 5.75 Å². The third kappa shape index (κ3) is 3.50. The largest absolute Gasteiger partial charge is 0.488 e. The van der Waals surface area contributed by atoms with Crippen LogP contribution in [-0.4, -0.2) is 0 Å². The number of alkyl halides is 1. The lowest BCUT2D eigenvalue weighted by atomic mass is 10.2. The Morgan fingerprint density at radius 1 is 1.16 bits per heavy atom. The summed E-state index contributed by atoms with van der Waals surface area (Å²) in [5, 5.41) is 1.25. The first-order chi connectivity index (χ1) is 9.13. The van der Waals surface area contributed by atoms with E-state index in [0.29, 0.717) is 20.6 Å². The quantitative estimate of drug-likeness (QED) is 0.589. The molecule has 0 saturated heterocycles. The Morgan fingerprint density at radius 2 is 1.89 bits per heavy atom. The van der Waals surface area contributed by atoms with E-state index >= 15 is 0 Å². The van der Waals surface area contributed by atoms with Gasteiger partial charge in [-0.05, 0) is 34.1 Å². The zero-order chi connectivity index (χ0) is 13.8. The van der Waals surface area contributed by atoms with Gasteiger partial charge >= 0.3 is 0 Å². The van der Waals surface area contributed by atoms with Crippen LogP contribution in [0.3, 0.4) is 0 Å². The molecule has 0 aromatic heterocycles. The van der Waals surface area contributed by atoms with E-state index in [2.05, 4.69) is 31.9 Å². The summed E-state index contributed by atoms with van der Waals surface area (Å²) >= 11 is 12.7. The number of rotatable bonds is 4. The second-order valence-corrected chi connectivity index (χ2v) is 5.61. The first-order valence-corrected chi connectivity index (χ1v) is 7.81. The van der Waals surface area contributed by atoms with E-state index in [4.69, 9.17) is 16.3 Å². The van der Waals surface area contributed by atoms with E-state index < -0.39 is 0 Å². The summed E-state index contributed by atoms with van der Waals surface area (Å²) in [4.78, 5) is 0. The van der Waals surface area contributed by atoms with Gasteiger partial charge in [0, 0.05) is 21.5 Å². The summed E-state index contributed by atoms with van der Waals surface area (Å²) < 4.78 is 19.5. The van der Waals surface area contributed by atoms with Crippen molar-refractivity contribution in [3.8, 4) is 5.75 Å². The number of hydrogen-bond acceptors (Lipinski definition) is 1. The second-order valence-electron chi connectivity index (χ2n) is 3.85. The summed E-state index contributed by atoms with van der Waals surface area (Å²) in [6, 6.07) is 10.3. The number of ether oxygens (including phenoxy) is 1. The highest BCUT2D eigenvalue weighted by Gasteiger charge is 2.09. The Hall–Kier alpha value is -0.580. The second kappa shape index (κ2) is 6.73. The molecule has 100 valence electrons. The molecule has 5 heteroatoms. The van der Waals surface area contributed by atoms with Gasteiger partial charge in [0.1, 0.15) is 18.2 Å². The lowest BCUT2D eigenvalue weighted by Gasteiger charge is -2.12. The third-order valence-electron chi connectivity index (χ3n) is 2.62. The van der Waals surface area contributed by atoms with Gasteiger partial charge in [0.25, 0.3) is 0 Å². The summed E-state index contributed by atoms with van der Waals surface area (Å²) in [7, 11) is 0. The molecule has 2 aromatic rings. The Kier molecular flexibility index (Phi) is 5.25. The normalized spacial score (nSPS) is 10.5. The SMILES string of the molecule is Fc1cccc(COc2cccc(Cl)c2CBr)c1Br. The number of halogens is 4. The zero-order valence-corrected chi connectivity index (χ0v) is 13.7. The minimum Gasteiger partial charge on any atom is -0.488 e. The maximum atomic E-state index is 13.4. The zero-order valence-electron chi connectivity index (χ0n) is 9.80. The van der Waals surface area contributed by atoms with E-state index in [-0.39, 0.29) is 12.4 Å². The predicted octanol–water partition coefficient (Wildman–Crippen LogP) is 5.72. The van der Waals surface area contributed by atoms with Gasteiger partial charge < -0.3 is 4.74 Å². The van der Waals surface area contributed by atoms with Gasteiger partial charge in [-0.25, -0.2) is 4.39 Å². The molecule has 0 aliphatic rings. The maximum Gasteiger partial charge on any atom is 0.137 e. The molecule has 0 bridgehead atoms. The molecular weight excluding hydrogens is 398 g/mol. The van der Waals surface area contributed by atoms with Crippen molar-refractivity contribution in [2.45, 2.75) is 11.9 Å². The third-order valence-corrected chi connectivity index (χ3v) is 4.43. The predicted molar refractivity (Wildman–Crippen MR) is 82.5 cm³/mol. The van der Waals surface area contributed by atoms with E-state index in [0.717, 1.165) is 11.1 Å². The van der Waals surface area contributed by atoms with Crippen LogP contribution in [0.25, 0.3) is 0 Å². The standard InChI is InChI=1S/C14H10Br2ClFO/c15-7-10-11(17)4-2-6-13(10)19-8-9-3-1-5-12(18)14(9)16/h1-6H,7-8H2. The highest BCUT2D eigenvalue weighted by atomic mass is 79.9. The molecule has 0 spiro atoms. The average Bonchev–Trinajstić information content (AvgIpc) is 2.40. The lowest BCUT2D eigenvalue weighted by molar-refractivity contribution is 0.302. The Bertz CT molecular complexity index is 590. The van der Waals surface area contributed by atoms with Gasteiger partial charge in [-0.15, -0.1) is 0 Å². The number of benzene rings is 2. The summed E-state index contributed by atoms with van der Waals surface area (Å²) in [5.74, 6) is 0.397. The smallest absolute Gasteiger partial charge is 0.137 e. The molecule has 0 aliphatic carbocycles. The van der Waals surface area contributed by atoms with E-state index in [1.54, 1.807) is 6.07 Å². The van der Waals surface area contributed by atoms with Crippen LogP contribution in [0, 0.1) is 5.82 Å². The van der Waals surface area contributed by atoms with Crippen LogP contribution in [0.1, 0.15) is 11.1 Å². The molecule has 0 radical (unpaired) electrons. The summed E-state index contributed by atoms with van der Waals surface area (Å²) in [5.41, 5.74) is 1.64. The minimum absolute atomic E-state index is 0.276. The van der Waals surface area contributed by atoms with Crippen LogP contribution < -0.4 is 4.74 Å². The van der Waals surface area contributed by atoms with Crippen molar-refractivity contribution in [1.29, 1.82) is 0 Å². The fraction of sp³-hybridized carbons (Fsp3) is 0.143. The molecule has 0 unspecified atom stereocenters. The van der Waals surface area contributed by atoms with Crippen LogP contribution in [0.2, 0.25) is 5.02 Å². The van der Waals surface area contributed by atoms with Crippen molar-refractivity contribution < 1.29 is 9.13 Å². The van der Waals surface area contributed by atoms with Gasteiger partial charge in [-0.3, -0.25) is 0 Å². The van der Waals surface area contributed by atoms with E-state index in [1.165, 1.54) is 6.07 Å². The molecule has 19 heavy (non-hydrogen) atoms. The summed E-state index contributed by atoms with van der Waals surface area (Å²) in [6.07, 6.45) is 0. The molecule has 0 saturated carbocycles. The lowest BCUT2D eigenvalue weighted by Crippen LogP contribution is -2.00. The van der Waals surface area contributed by atoms with Crippen molar-refractivity contribution in [2.75, 3.05) is 0 Å². The molecule has 0 heterocycles. The molecule has 2 aromatic carbocycles. The van der Waals surface area contributed by atoms with Crippen LogP contribution in [0.15, 0.2) is 40.9 Å². The van der Waals surface area contributed by atoms with Crippen LogP contribution in [-0.2, 0) is 11.9 Å². The molecule has 0 amide bonds. The highest BCUT2D eigenvalue weighted by Crippen LogP contribution is 2.30. The van der Waals surface area contributed by atoms with Gasteiger partial charge in [0.05, 0.1) is 4.47 Å². The van der Waals surface area contributed by atoms with Gasteiger partial charge in [-0.1, -0.05) is 45.7 Å². The van der Waals surface area contributed by atoms with Gasteiger partial charge in [-0.2, -0.15) is 0 Å². The molecule has 0 N–H and O–H groups in total. The fourth-order valence-electron chi connectivity index (χ4n) is 1.62. The molecule has 0 aliphatic heterocycles. The van der Waals surface area contributed by atoms with Crippen molar-refractivity contribution in [3.05, 3.63) is 62.8 Å². The minimum atomic E-state index is -0.298. The summed E-state index contributed by atoms with van der Waals surface area (Å²) in [6.45, 7) is 0.276. The highest BCUT2D eigenvalue weighted by molar-refractivity contribution is 9.10. The van der Waals surface area contributed by atoms with Gasteiger partial charge in [0.15, 0.2) is 0 Å². The van der Waals surface area contributed by atoms with Crippen molar-refractivity contribution >= 4 is 43.5 Å². The maximum absolute atomic E-state index is 13.4. The van der Waals surface area contributed by atoms with Crippen LogP contribution in [0.4, 0.5) is 4.39 Å². The van der Waals surface area contributed by atoms with Gasteiger partial charge in [0.2, 0.25) is 0 Å². The molecule has 1 nitrogen and oxygen atoms in total. The molecule has 0 atom stereocenters. The molecular formula is C14H10Br2ClFO. The van der Waals surface area contributed by atoms with Crippen molar-refractivity contribution in [1.82, 2.24) is 0 Å². The monoisotopic (exact) mass is 406 g/mol. The molecule has 2 rings (SSSR count). The van der Waals surface area contributed by atoms with E-state index in [1.807, 2.05) is 24.3 Å². The Balaban J connectivity index is 2.19. The Labute approximate surface area is 133 Å². The van der Waals surface area contributed by atoms with E-state index in [9.17, 15) is 4.39 Å². The fourth-order valence-corrected chi connectivity index (χ4v) is 2.97. The van der Waals surface area contributed by atoms with Crippen LogP contribution >= 0.6 is 43.5 Å². The average molecular weight is 408 g/mol. The first-order valence-electron chi connectivity index (χ1n) is 5.52. The van der Waals surface area contributed by atoms with Crippen molar-refractivity contribution in [3.63, 3.8) is 0 Å². The number of hydrogen-bond donors (Lipinski definition) is 0.